The molecule has 1 N–H and O–H groups in total. The molecule has 0 aliphatic carbocycles. The van der Waals surface area contributed by atoms with Gasteiger partial charge in [-0.25, -0.2) is 4.98 Å². The number of carbonyl (C=O) groups excluding carboxylic acids is 1. The lowest BCUT2D eigenvalue weighted by Gasteiger charge is -2.09. The predicted molar refractivity (Wildman–Crippen MR) is 125 cm³/mol. The maximum atomic E-state index is 12.6. The molecule has 0 saturated heterocycles. The number of hydrogen-bond donors (Lipinski definition) is 1. The SMILES string of the molecule is Cc1ccc2nc(-c3ccc(NC(=O)c4cccc(SC(C)C)c4)cc3)sc2c1. The molecule has 5 heteroatoms. The lowest BCUT2D eigenvalue weighted by atomic mass is 10.2. The van der Waals surface area contributed by atoms with Crippen LogP contribution in [0.1, 0.15) is 29.8 Å². The number of carbonyl (C=O) groups is 1. The fourth-order valence-corrected chi connectivity index (χ4v) is 5.00. The second-order valence-corrected chi connectivity index (χ2v) is 9.90. The zero-order valence-electron chi connectivity index (χ0n) is 16.6. The summed E-state index contributed by atoms with van der Waals surface area (Å²) >= 11 is 3.44. The van der Waals surface area contributed by atoms with Crippen LogP contribution in [0.5, 0.6) is 0 Å². The highest BCUT2D eigenvalue weighted by Gasteiger charge is 2.10. The number of benzene rings is 3. The molecule has 4 rings (SSSR count). The second kappa shape index (κ2) is 8.39. The van der Waals surface area contributed by atoms with Crippen molar-refractivity contribution in [3.05, 3.63) is 77.9 Å². The van der Waals surface area contributed by atoms with E-state index in [9.17, 15) is 4.79 Å². The first-order valence-corrected chi connectivity index (χ1v) is 11.2. The number of fused-ring (bicyclic) bond motifs is 1. The maximum absolute atomic E-state index is 12.6. The molecule has 0 fully saturated rings. The van der Waals surface area contributed by atoms with Gasteiger partial charge in [-0.15, -0.1) is 23.1 Å². The van der Waals surface area contributed by atoms with E-state index in [-0.39, 0.29) is 5.91 Å². The molecule has 3 aromatic carbocycles. The molecule has 0 unspecified atom stereocenters. The molecule has 146 valence electrons. The first-order chi connectivity index (χ1) is 14.0. The third-order valence-electron chi connectivity index (χ3n) is 4.40. The molecular weight excluding hydrogens is 396 g/mol. The Morgan fingerprint density at radius 3 is 2.59 bits per heavy atom. The lowest BCUT2D eigenvalue weighted by molar-refractivity contribution is 0.102. The quantitative estimate of drug-likeness (QED) is 0.354. The minimum absolute atomic E-state index is 0.0978. The largest absolute Gasteiger partial charge is 0.322 e. The molecule has 3 nitrogen and oxygen atoms in total. The molecule has 1 heterocycles. The lowest BCUT2D eigenvalue weighted by Crippen LogP contribution is -2.11. The van der Waals surface area contributed by atoms with E-state index in [1.807, 2.05) is 48.5 Å². The highest BCUT2D eigenvalue weighted by Crippen LogP contribution is 2.31. The standard InChI is InChI=1S/C24H22N2OS2/c1-15(2)28-20-6-4-5-18(14-20)23(27)25-19-10-8-17(9-11-19)24-26-21-12-7-16(3)13-22(21)29-24/h4-15H,1-3H3,(H,25,27). The molecule has 0 saturated carbocycles. The Labute approximate surface area is 179 Å². The maximum Gasteiger partial charge on any atom is 0.255 e. The highest BCUT2D eigenvalue weighted by molar-refractivity contribution is 7.99. The van der Waals surface area contributed by atoms with Gasteiger partial charge in [0.25, 0.3) is 5.91 Å². The molecular formula is C24H22N2OS2. The molecule has 0 spiro atoms. The van der Waals surface area contributed by atoms with Gasteiger partial charge in [0, 0.05) is 27.0 Å². The molecule has 0 bridgehead atoms. The van der Waals surface area contributed by atoms with E-state index >= 15 is 0 Å². The van der Waals surface area contributed by atoms with Crippen LogP contribution in [-0.2, 0) is 0 Å². The summed E-state index contributed by atoms with van der Waals surface area (Å²) in [5, 5.41) is 4.45. The molecule has 4 aromatic rings. The van der Waals surface area contributed by atoms with Gasteiger partial charge in [0.1, 0.15) is 5.01 Å². The molecule has 0 radical (unpaired) electrons. The van der Waals surface area contributed by atoms with E-state index in [0.29, 0.717) is 10.8 Å². The predicted octanol–water partition coefficient (Wildman–Crippen LogP) is 7.02. The fourth-order valence-electron chi connectivity index (χ4n) is 3.04. The number of nitrogens with zero attached hydrogens (tertiary/aromatic N) is 1. The molecule has 0 atom stereocenters. The number of hydrogen-bond acceptors (Lipinski definition) is 4. The van der Waals surface area contributed by atoms with Crippen LogP contribution >= 0.6 is 23.1 Å². The van der Waals surface area contributed by atoms with Crippen LogP contribution in [-0.4, -0.2) is 16.1 Å². The average molecular weight is 419 g/mol. The number of amides is 1. The minimum atomic E-state index is -0.0978. The Morgan fingerprint density at radius 2 is 1.83 bits per heavy atom. The summed E-state index contributed by atoms with van der Waals surface area (Å²) in [5.74, 6) is -0.0978. The van der Waals surface area contributed by atoms with E-state index in [4.69, 9.17) is 4.98 Å². The van der Waals surface area contributed by atoms with Gasteiger partial charge in [-0.1, -0.05) is 26.0 Å². The van der Waals surface area contributed by atoms with Crippen molar-refractivity contribution in [2.24, 2.45) is 0 Å². The van der Waals surface area contributed by atoms with Crippen molar-refractivity contribution >= 4 is 44.9 Å². The summed E-state index contributed by atoms with van der Waals surface area (Å²) in [6.07, 6.45) is 0. The third kappa shape index (κ3) is 4.69. The van der Waals surface area contributed by atoms with Gasteiger partial charge >= 0.3 is 0 Å². The topological polar surface area (TPSA) is 42.0 Å². The minimum Gasteiger partial charge on any atom is -0.322 e. The average Bonchev–Trinajstić information content (AvgIpc) is 3.11. The molecule has 0 aliphatic heterocycles. The summed E-state index contributed by atoms with van der Waals surface area (Å²) in [6.45, 7) is 6.38. The van der Waals surface area contributed by atoms with Crippen LogP contribution in [0.3, 0.4) is 0 Å². The summed E-state index contributed by atoms with van der Waals surface area (Å²) in [7, 11) is 0. The molecule has 29 heavy (non-hydrogen) atoms. The van der Waals surface area contributed by atoms with Crippen molar-refractivity contribution in [1.82, 2.24) is 4.98 Å². The van der Waals surface area contributed by atoms with Crippen LogP contribution in [0.15, 0.2) is 71.6 Å². The Hall–Kier alpha value is -2.63. The number of aromatic nitrogens is 1. The zero-order chi connectivity index (χ0) is 20.4. The Bertz CT molecular complexity index is 1160. The Kier molecular flexibility index (Phi) is 5.69. The van der Waals surface area contributed by atoms with Crippen molar-refractivity contribution in [3.8, 4) is 10.6 Å². The number of aryl methyl sites for hydroxylation is 1. The van der Waals surface area contributed by atoms with Crippen molar-refractivity contribution in [2.75, 3.05) is 5.32 Å². The number of thiazole rings is 1. The van der Waals surface area contributed by atoms with Crippen LogP contribution < -0.4 is 5.32 Å². The van der Waals surface area contributed by atoms with E-state index in [2.05, 4.69) is 44.3 Å². The van der Waals surface area contributed by atoms with Crippen molar-refractivity contribution < 1.29 is 4.79 Å². The van der Waals surface area contributed by atoms with E-state index in [1.54, 1.807) is 23.1 Å². The van der Waals surface area contributed by atoms with Crippen molar-refractivity contribution in [1.29, 1.82) is 0 Å². The molecule has 1 aromatic heterocycles. The van der Waals surface area contributed by atoms with Crippen molar-refractivity contribution in [3.63, 3.8) is 0 Å². The van der Waals surface area contributed by atoms with Crippen LogP contribution in [0, 0.1) is 6.92 Å². The van der Waals surface area contributed by atoms with E-state index in [1.165, 1.54) is 10.3 Å². The second-order valence-electron chi connectivity index (χ2n) is 7.22. The van der Waals surface area contributed by atoms with Crippen LogP contribution in [0.2, 0.25) is 0 Å². The van der Waals surface area contributed by atoms with E-state index < -0.39 is 0 Å². The fraction of sp³-hybridized carbons (Fsp3) is 0.167. The summed E-state index contributed by atoms with van der Waals surface area (Å²) in [4.78, 5) is 18.5. The number of nitrogens with one attached hydrogen (secondary N) is 1. The van der Waals surface area contributed by atoms with Gasteiger partial charge in [0.15, 0.2) is 0 Å². The number of rotatable bonds is 5. The number of thioether (sulfide) groups is 1. The summed E-state index contributed by atoms with van der Waals surface area (Å²) in [6, 6.07) is 21.9. The van der Waals surface area contributed by atoms with Crippen molar-refractivity contribution in [2.45, 2.75) is 30.9 Å². The normalized spacial score (nSPS) is 11.2. The van der Waals surface area contributed by atoms with Gasteiger partial charge in [0.2, 0.25) is 0 Å². The third-order valence-corrected chi connectivity index (χ3v) is 6.47. The van der Waals surface area contributed by atoms with Gasteiger partial charge in [-0.2, -0.15) is 0 Å². The van der Waals surface area contributed by atoms with Gasteiger partial charge in [-0.05, 0) is 67.1 Å². The number of anilines is 1. The van der Waals surface area contributed by atoms with Crippen LogP contribution in [0.25, 0.3) is 20.8 Å². The smallest absolute Gasteiger partial charge is 0.255 e. The molecule has 0 aliphatic rings. The van der Waals surface area contributed by atoms with Gasteiger partial charge in [-0.3, -0.25) is 4.79 Å². The first-order valence-electron chi connectivity index (χ1n) is 9.53. The zero-order valence-corrected chi connectivity index (χ0v) is 18.2. The van der Waals surface area contributed by atoms with Crippen LogP contribution in [0.4, 0.5) is 5.69 Å². The summed E-state index contributed by atoms with van der Waals surface area (Å²) < 4.78 is 1.19. The Morgan fingerprint density at radius 1 is 1.03 bits per heavy atom. The highest BCUT2D eigenvalue weighted by atomic mass is 32.2. The van der Waals surface area contributed by atoms with E-state index in [0.717, 1.165) is 26.7 Å². The molecule has 1 amide bonds. The van der Waals surface area contributed by atoms with Gasteiger partial charge < -0.3 is 5.32 Å². The summed E-state index contributed by atoms with van der Waals surface area (Å²) in [5.41, 5.74) is 4.75. The van der Waals surface area contributed by atoms with Gasteiger partial charge in [0.05, 0.1) is 10.2 Å². The first kappa shape index (κ1) is 19.7. The monoisotopic (exact) mass is 418 g/mol. The Balaban J connectivity index is 1.49.